The highest BCUT2D eigenvalue weighted by Crippen LogP contribution is 2.57. The molecule has 31 heteroatoms. The van der Waals surface area contributed by atoms with Crippen molar-refractivity contribution in [2.24, 2.45) is 54.4 Å². The van der Waals surface area contributed by atoms with Crippen LogP contribution in [0.5, 0.6) is 69.0 Å². The number of benzene rings is 8. The number of fused-ring (bicyclic) bond motifs is 4. The van der Waals surface area contributed by atoms with E-state index >= 15 is 0 Å². The number of aromatic hydroxyl groups is 12. The summed E-state index contributed by atoms with van der Waals surface area (Å²) in [7, 11) is 0. The number of rotatable bonds is 27. The Morgan fingerprint density at radius 2 is 0.721 bits per heavy atom. The maximum absolute atomic E-state index is 12.4. The average molecular weight is 1540 g/mol. The number of aryl methyl sites for hydroxylation is 4. The van der Waals surface area contributed by atoms with Crippen LogP contribution in [0.1, 0.15) is 207 Å². The number of hydrogen-bond acceptors (Lipinski definition) is 23. The normalized spacial score (nSPS) is 12.7. The molecular weight excluding hydrogens is 1430 g/mol. The van der Waals surface area contributed by atoms with Crippen LogP contribution >= 0.6 is 0 Å². The number of hydrogen-bond donors (Lipinski definition) is 22. The molecule has 596 valence electrons. The Balaban J connectivity index is 0.000000324. The predicted molar refractivity (Wildman–Crippen MR) is 428 cm³/mol. The van der Waals surface area contributed by atoms with Crippen molar-refractivity contribution in [2.75, 3.05) is 13.1 Å². The monoisotopic (exact) mass is 1540 g/mol. The zero-order chi connectivity index (χ0) is 83.6. The second-order valence-electron chi connectivity index (χ2n) is 28.5. The van der Waals surface area contributed by atoms with Crippen molar-refractivity contribution >= 4 is 104 Å². The second kappa shape index (κ2) is 36.8. The van der Waals surface area contributed by atoms with Gasteiger partial charge in [0.1, 0.15) is 47.0 Å². The zero-order valence-corrected chi connectivity index (χ0v) is 63.9. The van der Waals surface area contributed by atoms with Gasteiger partial charge >= 0.3 is 17.9 Å². The zero-order valence-electron chi connectivity index (χ0n) is 63.9. The molecule has 0 aliphatic heterocycles. The number of nitrogens with one attached hydrogen (secondary N) is 1. The number of phenolic OH excluding ortho intramolecular Hbond substituents is 12. The van der Waals surface area contributed by atoms with Gasteiger partial charge < -0.3 is 111 Å². The molecule has 0 saturated carbocycles. The average Bonchev–Trinajstić information content (AvgIpc) is 0.725. The van der Waals surface area contributed by atoms with Crippen LogP contribution in [0.15, 0.2) is 44.2 Å². The van der Waals surface area contributed by atoms with Gasteiger partial charge in [0.05, 0.1) is 16.7 Å². The lowest BCUT2D eigenvalue weighted by Gasteiger charge is -2.24. The molecule has 8 aromatic carbocycles. The smallest absolute Gasteiger partial charge is 0.320 e. The molecule has 111 heavy (non-hydrogen) atoms. The van der Waals surface area contributed by atoms with Gasteiger partial charge in [-0.1, -0.05) is 86.1 Å². The maximum atomic E-state index is 12.4. The molecular formula is C80H101N11O20. The van der Waals surface area contributed by atoms with Crippen LogP contribution in [0.3, 0.4) is 0 Å². The minimum Gasteiger partial charge on any atom is -0.507 e. The molecule has 0 unspecified atom stereocenters. The number of guanidine groups is 2. The number of unbranched alkanes of at least 4 members (excludes halogenated alkanes) is 1. The van der Waals surface area contributed by atoms with Crippen molar-refractivity contribution in [2.45, 2.75) is 183 Å². The van der Waals surface area contributed by atoms with E-state index in [4.69, 9.17) is 55.1 Å². The molecule has 8 aromatic rings. The summed E-state index contributed by atoms with van der Waals surface area (Å²) >= 11 is 0. The lowest BCUT2D eigenvalue weighted by Crippen LogP contribution is -2.30. The number of nitrogens with two attached hydrogens (primary N) is 6. The van der Waals surface area contributed by atoms with Crippen LogP contribution in [0, 0.1) is 33.1 Å². The largest absolute Gasteiger partial charge is 0.507 e. The maximum Gasteiger partial charge on any atom is 0.320 e. The third-order valence-electron chi connectivity index (χ3n) is 19.2. The van der Waals surface area contributed by atoms with Crippen LogP contribution in [0.25, 0.3) is 65.3 Å². The minimum atomic E-state index is -1.14. The highest BCUT2D eigenvalue weighted by atomic mass is 16.4. The van der Waals surface area contributed by atoms with Gasteiger partial charge in [0.15, 0.2) is 64.5 Å². The first-order valence-corrected chi connectivity index (χ1v) is 35.8. The van der Waals surface area contributed by atoms with Crippen molar-refractivity contribution in [1.29, 1.82) is 5.41 Å². The quantitative estimate of drug-likeness (QED) is 0.00747. The summed E-state index contributed by atoms with van der Waals surface area (Å²) in [6.45, 7) is 21.8. The second-order valence-corrected chi connectivity index (χ2v) is 28.5. The predicted octanol–water partition coefficient (Wildman–Crippen LogP) is 11.1. The Labute approximate surface area is 639 Å². The number of carboxylic acids is 3. The molecule has 0 spiro atoms. The molecule has 0 saturated heterocycles. The van der Waals surface area contributed by atoms with Crippen LogP contribution < -0.4 is 34.4 Å². The van der Waals surface area contributed by atoms with Crippen LogP contribution in [0.2, 0.25) is 0 Å². The summed E-state index contributed by atoms with van der Waals surface area (Å²) in [5.41, 5.74) is 35.8. The SMILES string of the molecule is Cc1cc2c(C(C)C)c(O)c(O)c(C=NC(N)=NCCC[C@H](N)C(=O)O)c2c(O)c1-c1c(C)cc2c(C(C)C)c(O)c(O)c(CC=NC(=N)CCCC[C@H](N)C(=O)O)c2c1O.Cc1cc2c(C(C)C)c(O)c(O)c(C=O)c2c(O)c1-c1c(C)cc2c(C(C)C)c(O)c(O)c(C=O)c2c1O.NC(N)=NCCC[C@H](N)C(=O)O. The number of amidine groups is 1. The Morgan fingerprint density at radius 3 is 1.05 bits per heavy atom. The Morgan fingerprint density at radius 1 is 0.414 bits per heavy atom. The van der Waals surface area contributed by atoms with E-state index in [1.165, 1.54) is 6.21 Å². The summed E-state index contributed by atoms with van der Waals surface area (Å²) in [5.74, 6) is -10.3. The minimum absolute atomic E-state index is 0.00363. The first-order chi connectivity index (χ1) is 51.9. The number of carbonyl (C=O) groups excluding carboxylic acids is 2. The van der Waals surface area contributed by atoms with Crippen LogP contribution in [-0.2, 0) is 20.8 Å². The fourth-order valence-electron chi connectivity index (χ4n) is 13.9. The number of aliphatic imine (C=N–C) groups is 4. The Bertz CT molecular complexity index is 4990. The van der Waals surface area contributed by atoms with Crippen molar-refractivity contribution in [1.82, 2.24) is 0 Å². The molecule has 8 rings (SSSR count). The number of carbonyl (C=O) groups is 5. The molecule has 0 bridgehead atoms. The van der Waals surface area contributed by atoms with Crippen LogP contribution in [-0.4, -0.2) is 168 Å². The van der Waals surface area contributed by atoms with Gasteiger partial charge in [-0.25, -0.2) is 9.98 Å². The van der Waals surface area contributed by atoms with Crippen molar-refractivity contribution in [3.05, 3.63) is 91.0 Å². The molecule has 0 amide bonds. The van der Waals surface area contributed by atoms with E-state index in [9.17, 15) is 85.3 Å². The molecule has 0 fully saturated rings. The van der Waals surface area contributed by atoms with Gasteiger partial charge in [0.25, 0.3) is 0 Å². The molecule has 3 atom stereocenters. The van der Waals surface area contributed by atoms with Gasteiger partial charge in [-0.2, -0.15) is 0 Å². The first kappa shape index (κ1) is 87.7. The van der Waals surface area contributed by atoms with Gasteiger partial charge in [0, 0.05) is 110 Å². The summed E-state index contributed by atoms with van der Waals surface area (Å²) in [4.78, 5) is 72.4. The van der Waals surface area contributed by atoms with Gasteiger partial charge in [0.2, 0.25) is 5.96 Å². The molecule has 0 radical (unpaired) electrons. The highest BCUT2D eigenvalue weighted by Gasteiger charge is 2.33. The van der Waals surface area contributed by atoms with E-state index in [0.717, 1.165) is 6.21 Å². The van der Waals surface area contributed by atoms with Crippen LogP contribution in [0.4, 0.5) is 0 Å². The van der Waals surface area contributed by atoms with E-state index in [0.29, 0.717) is 117 Å². The lowest BCUT2D eigenvalue weighted by molar-refractivity contribution is -0.139. The fraction of sp³-hybridized carbons (Fsp3) is 0.375. The molecule has 0 aliphatic carbocycles. The molecule has 0 heterocycles. The number of nitrogens with zero attached hydrogens (tertiary/aromatic N) is 4. The first-order valence-electron chi connectivity index (χ1n) is 35.8. The molecule has 0 aromatic heterocycles. The Kier molecular flexibility index (Phi) is 29.1. The standard InChI is InChI=1S/C44H57N7O10.C30H30O8.C6H14N4O2/c1-19(2)30-24-16-21(5)32(38(54)34(24)23(36(52)40(30)56)13-15-49-29(47)12-8-7-10-27(45)42(58)59)33-22(6)17-25-31(20(3)4)41(57)37(53)26(35(25)39(33)55)18-51-44(48)50-14-9-11-28(46)43(60)61;1-11(2)19-15-7-13(5)21(27(35)23(15)17(9-31)25(33)29(19)37)22-14(6)8-16-20(12(3)4)30(38)26(34)18(10-32)24(16)28(22)36;7-4(5(11)12)2-1-3-10-6(8)9/h15-20,27-28,47,52-57H,7-14,45-46H2,1-6H3,(H2,48,50)(H,58,59)(H,60,61);7-12,33-38H,1-6H3;4H,1-3,7H2,(H,11,12)(H4,8,9,10)/t27-,28-;;4-/m0.0/s1. The van der Waals surface area contributed by atoms with E-state index in [2.05, 4.69) is 20.0 Å². The molecule has 28 N–H and O–H groups in total. The van der Waals surface area contributed by atoms with Gasteiger partial charge in [-0.05, 0) is 134 Å². The third kappa shape index (κ3) is 18.6. The van der Waals surface area contributed by atoms with Gasteiger partial charge in [-0.15, -0.1) is 0 Å². The molecule has 0 aliphatic rings. The lowest BCUT2D eigenvalue weighted by atomic mass is 9.83. The van der Waals surface area contributed by atoms with Crippen molar-refractivity contribution in [3.63, 3.8) is 0 Å². The summed E-state index contributed by atoms with van der Waals surface area (Å²) in [6.07, 6.45) is 5.93. The van der Waals surface area contributed by atoms with Crippen molar-refractivity contribution < 1.29 is 101 Å². The topological polar surface area (TPSA) is 618 Å². The third-order valence-corrected chi connectivity index (χ3v) is 19.2. The van der Waals surface area contributed by atoms with Crippen molar-refractivity contribution in [3.8, 4) is 91.2 Å². The summed E-state index contributed by atoms with van der Waals surface area (Å²) in [6, 6.07) is 3.89. The number of aliphatic carboxylic acids is 3. The van der Waals surface area contributed by atoms with E-state index < -0.39 is 87.8 Å². The molecule has 31 nitrogen and oxygen atoms in total. The highest BCUT2D eigenvalue weighted by molar-refractivity contribution is 6.16. The summed E-state index contributed by atoms with van der Waals surface area (Å²) < 4.78 is 0. The fourth-order valence-corrected chi connectivity index (χ4v) is 13.9. The number of carboxylic acid groups (broad SMARTS) is 3. The van der Waals surface area contributed by atoms with E-state index in [1.54, 1.807) is 93.5 Å². The van der Waals surface area contributed by atoms with E-state index in [-0.39, 0.29) is 157 Å². The number of aldehydes is 2. The van der Waals surface area contributed by atoms with E-state index in [1.807, 2.05) is 13.8 Å². The summed E-state index contributed by atoms with van der Waals surface area (Å²) in [5, 5.41) is 172. The Hall–Kier alpha value is -12.2. The number of phenols is 12. The van der Waals surface area contributed by atoms with Gasteiger partial charge in [-0.3, -0.25) is 39.4 Å².